The number of rotatable bonds is 4. The summed E-state index contributed by atoms with van der Waals surface area (Å²) >= 11 is 0. The summed E-state index contributed by atoms with van der Waals surface area (Å²) in [5.74, 6) is -0.785. The van der Waals surface area contributed by atoms with Gasteiger partial charge in [0.05, 0.1) is 7.11 Å². The summed E-state index contributed by atoms with van der Waals surface area (Å²) in [4.78, 5) is 25.5. The Hall–Kier alpha value is -2.20. The number of allylic oxidation sites excluding steroid dienone is 4. The van der Waals surface area contributed by atoms with Crippen LogP contribution in [0.25, 0.3) is 5.53 Å². The molecule has 0 fully saturated rings. The summed E-state index contributed by atoms with van der Waals surface area (Å²) in [6.07, 6.45) is 7.29. The fraction of sp³-hybridized carbons (Fsp3) is 0.417. The molecule has 0 saturated carbocycles. The molecule has 0 spiro atoms. The first kappa shape index (κ1) is 13.9. The van der Waals surface area contributed by atoms with Gasteiger partial charge < -0.3 is 15.6 Å². The predicted molar refractivity (Wildman–Crippen MR) is 64.6 cm³/mol. The topological polar surface area (TPSA) is 91.8 Å². The van der Waals surface area contributed by atoms with E-state index in [-0.39, 0.29) is 11.8 Å². The molecule has 1 atom stereocenters. The van der Waals surface area contributed by atoms with Crippen LogP contribution in [0, 0.1) is 5.92 Å². The van der Waals surface area contributed by atoms with Crippen LogP contribution in [0.1, 0.15) is 13.3 Å². The first-order chi connectivity index (χ1) is 8.56. The Bertz CT molecular complexity index is 431. The Balaban J connectivity index is 2.68. The second-order valence-electron chi connectivity index (χ2n) is 3.92. The molecule has 96 valence electrons. The average molecular weight is 249 g/mol. The minimum atomic E-state index is -0.681. The molecule has 18 heavy (non-hydrogen) atoms. The van der Waals surface area contributed by atoms with Gasteiger partial charge in [-0.05, 0) is 12.3 Å². The third kappa shape index (κ3) is 3.99. The van der Waals surface area contributed by atoms with Gasteiger partial charge in [-0.25, -0.2) is 4.79 Å². The Morgan fingerprint density at radius 2 is 2.11 bits per heavy atom. The molecule has 0 bridgehead atoms. The summed E-state index contributed by atoms with van der Waals surface area (Å²) in [7, 11) is 1.28. The first-order valence-corrected chi connectivity index (χ1v) is 5.50. The Morgan fingerprint density at radius 1 is 1.50 bits per heavy atom. The van der Waals surface area contributed by atoms with Crippen molar-refractivity contribution < 1.29 is 19.1 Å². The standard InChI is InChI=1S/C12H15N3O3/c1-8(16)14-11(12(17)18-2)7-9-3-5-10(15-13)6-4-9/h3-6,9,11H,7H2,1-2H3,(H,14,16)/t11-/m0/s1. The quantitative estimate of drug-likeness (QED) is 0.446. The number of nitrogens with one attached hydrogen (secondary N) is 1. The van der Waals surface area contributed by atoms with Crippen molar-refractivity contribution in [2.24, 2.45) is 5.92 Å². The van der Waals surface area contributed by atoms with Crippen molar-refractivity contribution in [3.8, 4) is 0 Å². The molecule has 0 radical (unpaired) electrons. The minimum Gasteiger partial charge on any atom is -0.467 e. The molecular weight excluding hydrogens is 234 g/mol. The third-order valence-corrected chi connectivity index (χ3v) is 2.51. The molecule has 1 N–H and O–H groups in total. The van der Waals surface area contributed by atoms with Crippen molar-refractivity contribution in [1.82, 2.24) is 5.32 Å². The number of ether oxygens (including phenoxy) is 1. The van der Waals surface area contributed by atoms with Gasteiger partial charge in [0.25, 0.3) is 0 Å². The van der Waals surface area contributed by atoms with Gasteiger partial charge in [0, 0.05) is 19.1 Å². The number of nitrogens with zero attached hydrogens (tertiary/aromatic N) is 2. The summed E-state index contributed by atoms with van der Waals surface area (Å²) in [5, 5.41) is 2.54. The highest BCUT2D eigenvalue weighted by Gasteiger charge is 2.23. The van der Waals surface area contributed by atoms with Crippen molar-refractivity contribution in [2.75, 3.05) is 7.11 Å². The van der Waals surface area contributed by atoms with E-state index >= 15 is 0 Å². The Kier molecular flexibility index (Phi) is 5.02. The van der Waals surface area contributed by atoms with E-state index in [4.69, 9.17) is 5.53 Å². The van der Waals surface area contributed by atoms with Gasteiger partial charge >= 0.3 is 11.7 Å². The van der Waals surface area contributed by atoms with Gasteiger partial charge in [0.15, 0.2) is 0 Å². The zero-order valence-electron chi connectivity index (χ0n) is 10.3. The van der Waals surface area contributed by atoms with Gasteiger partial charge in [-0.15, -0.1) is 0 Å². The van der Waals surface area contributed by atoms with E-state index in [1.54, 1.807) is 24.3 Å². The number of esters is 1. The normalized spacial score (nSPS) is 19.0. The summed E-state index contributed by atoms with van der Waals surface area (Å²) in [5.41, 5.74) is 9.00. The number of hydrogen-bond donors (Lipinski definition) is 1. The van der Waals surface area contributed by atoms with Crippen molar-refractivity contribution in [1.29, 1.82) is 0 Å². The molecule has 0 aromatic rings. The molecule has 6 heteroatoms. The lowest BCUT2D eigenvalue weighted by Crippen LogP contribution is -2.41. The molecule has 0 saturated heterocycles. The molecule has 0 aromatic heterocycles. The van der Waals surface area contributed by atoms with Crippen LogP contribution < -0.4 is 5.32 Å². The zero-order chi connectivity index (χ0) is 13.5. The van der Waals surface area contributed by atoms with Crippen LogP contribution >= 0.6 is 0 Å². The molecule has 1 aliphatic carbocycles. The van der Waals surface area contributed by atoms with E-state index < -0.39 is 12.0 Å². The van der Waals surface area contributed by atoms with Gasteiger partial charge in [-0.1, -0.05) is 12.2 Å². The summed E-state index contributed by atoms with van der Waals surface area (Å²) in [6.45, 7) is 1.35. The maximum atomic E-state index is 11.5. The lowest BCUT2D eigenvalue weighted by atomic mass is 9.95. The molecule has 0 unspecified atom stereocenters. The minimum absolute atomic E-state index is 0.0218. The lowest BCUT2D eigenvalue weighted by molar-refractivity contribution is -0.145. The molecular formula is C12H15N3O3. The molecule has 6 nitrogen and oxygen atoms in total. The highest BCUT2D eigenvalue weighted by atomic mass is 16.5. The van der Waals surface area contributed by atoms with Crippen LogP contribution in [-0.2, 0) is 14.3 Å². The van der Waals surface area contributed by atoms with E-state index in [1.165, 1.54) is 14.0 Å². The van der Waals surface area contributed by atoms with Gasteiger partial charge in [0.1, 0.15) is 6.04 Å². The predicted octanol–water partition coefficient (Wildman–Crippen LogP) is 0.467. The lowest BCUT2D eigenvalue weighted by Gasteiger charge is -2.18. The Morgan fingerprint density at radius 3 is 2.56 bits per heavy atom. The van der Waals surface area contributed by atoms with Crippen LogP contribution in [0.3, 0.4) is 0 Å². The molecule has 0 aliphatic heterocycles. The van der Waals surface area contributed by atoms with Crippen molar-refractivity contribution in [3.05, 3.63) is 29.8 Å². The first-order valence-electron chi connectivity index (χ1n) is 5.50. The second kappa shape index (κ2) is 6.51. The third-order valence-electron chi connectivity index (χ3n) is 2.51. The highest BCUT2D eigenvalue weighted by molar-refractivity contribution is 6.00. The fourth-order valence-electron chi connectivity index (χ4n) is 1.66. The molecule has 0 heterocycles. The Labute approximate surface area is 105 Å². The van der Waals surface area contributed by atoms with Crippen LogP contribution in [0.4, 0.5) is 0 Å². The van der Waals surface area contributed by atoms with E-state index in [0.29, 0.717) is 12.1 Å². The second-order valence-corrected chi connectivity index (χ2v) is 3.92. The number of hydrogen-bond acceptors (Lipinski definition) is 3. The number of carbonyl (C=O) groups excluding carboxylic acids is 2. The summed E-state index contributed by atoms with van der Waals surface area (Å²) < 4.78 is 4.63. The zero-order valence-corrected chi connectivity index (χ0v) is 10.3. The number of methoxy groups -OCH3 is 1. The van der Waals surface area contributed by atoms with E-state index in [2.05, 4.69) is 14.8 Å². The van der Waals surface area contributed by atoms with Crippen LogP contribution in [0.5, 0.6) is 0 Å². The van der Waals surface area contributed by atoms with Crippen LogP contribution in [0.2, 0.25) is 0 Å². The van der Waals surface area contributed by atoms with Gasteiger partial charge in [0.2, 0.25) is 5.91 Å². The van der Waals surface area contributed by atoms with Crippen molar-refractivity contribution >= 4 is 17.6 Å². The SMILES string of the molecule is COC(=O)[C@H](CC1C=CC(=[N+]=[N-])C=C1)NC(C)=O. The summed E-state index contributed by atoms with van der Waals surface area (Å²) in [6, 6.07) is -0.681. The smallest absolute Gasteiger partial charge is 0.328 e. The van der Waals surface area contributed by atoms with Gasteiger partial charge in [-0.3, -0.25) is 4.79 Å². The molecule has 0 aromatic carbocycles. The van der Waals surface area contributed by atoms with Crippen LogP contribution in [-0.4, -0.2) is 35.5 Å². The van der Waals surface area contributed by atoms with Crippen molar-refractivity contribution in [2.45, 2.75) is 19.4 Å². The van der Waals surface area contributed by atoms with Crippen LogP contribution in [0.15, 0.2) is 24.3 Å². The molecule has 1 amide bonds. The maximum absolute atomic E-state index is 11.5. The van der Waals surface area contributed by atoms with E-state index in [0.717, 1.165) is 0 Å². The van der Waals surface area contributed by atoms with E-state index in [9.17, 15) is 9.59 Å². The highest BCUT2D eigenvalue weighted by Crippen LogP contribution is 2.15. The van der Waals surface area contributed by atoms with Gasteiger partial charge in [-0.2, -0.15) is 4.79 Å². The number of carbonyl (C=O) groups is 2. The monoisotopic (exact) mass is 249 g/mol. The van der Waals surface area contributed by atoms with E-state index in [1.807, 2.05) is 0 Å². The van der Waals surface area contributed by atoms with Crippen molar-refractivity contribution in [3.63, 3.8) is 0 Å². The fourth-order valence-corrected chi connectivity index (χ4v) is 1.66. The number of amides is 1. The largest absolute Gasteiger partial charge is 0.467 e. The maximum Gasteiger partial charge on any atom is 0.328 e. The molecule has 1 rings (SSSR count). The molecule has 1 aliphatic rings. The average Bonchev–Trinajstić information content (AvgIpc) is 2.37.